The predicted molar refractivity (Wildman–Crippen MR) is 109 cm³/mol. The van der Waals surface area contributed by atoms with Gasteiger partial charge in [0.05, 0.1) is 6.04 Å². The molecule has 3 rings (SSSR count). The van der Waals surface area contributed by atoms with E-state index < -0.39 is 0 Å². The standard InChI is InChI=1S/C24H22N2O/c1-20(17-18-21-11-5-2-6-12-21)26(19-22-13-7-3-8-14-22)25-24(27)23-15-9-4-10-16-23/h2-16,20H,19H2,1H3,(H,25,27). The molecule has 3 aromatic carbocycles. The number of rotatable bonds is 5. The molecule has 0 fully saturated rings. The Hall–Kier alpha value is -3.35. The van der Waals surface area contributed by atoms with Gasteiger partial charge in [0.2, 0.25) is 0 Å². The van der Waals surface area contributed by atoms with E-state index in [4.69, 9.17) is 0 Å². The van der Waals surface area contributed by atoms with Gasteiger partial charge in [-0.05, 0) is 36.8 Å². The summed E-state index contributed by atoms with van der Waals surface area (Å²) in [4.78, 5) is 12.6. The Balaban J connectivity index is 1.78. The topological polar surface area (TPSA) is 32.3 Å². The molecule has 1 N–H and O–H groups in total. The third-order valence-electron chi connectivity index (χ3n) is 4.14. The quantitative estimate of drug-likeness (QED) is 0.548. The lowest BCUT2D eigenvalue weighted by Crippen LogP contribution is -2.46. The largest absolute Gasteiger partial charge is 0.283 e. The molecule has 3 heteroatoms. The molecule has 3 aromatic rings. The highest BCUT2D eigenvalue weighted by Crippen LogP contribution is 2.08. The molecule has 0 aliphatic heterocycles. The van der Waals surface area contributed by atoms with Crippen molar-refractivity contribution in [1.29, 1.82) is 0 Å². The first-order chi connectivity index (χ1) is 13.2. The van der Waals surface area contributed by atoms with E-state index in [9.17, 15) is 4.79 Å². The first-order valence-electron chi connectivity index (χ1n) is 8.95. The van der Waals surface area contributed by atoms with E-state index in [1.165, 1.54) is 0 Å². The van der Waals surface area contributed by atoms with Crippen molar-refractivity contribution < 1.29 is 4.79 Å². The molecule has 0 radical (unpaired) electrons. The van der Waals surface area contributed by atoms with Gasteiger partial charge in [-0.2, -0.15) is 0 Å². The highest BCUT2D eigenvalue weighted by Gasteiger charge is 2.16. The first-order valence-corrected chi connectivity index (χ1v) is 8.95. The summed E-state index contributed by atoms with van der Waals surface area (Å²) in [7, 11) is 0. The molecule has 0 saturated heterocycles. The molecular weight excluding hydrogens is 332 g/mol. The highest BCUT2D eigenvalue weighted by atomic mass is 16.2. The lowest BCUT2D eigenvalue weighted by Gasteiger charge is -2.26. The average molecular weight is 354 g/mol. The van der Waals surface area contributed by atoms with Crippen molar-refractivity contribution in [2.45, 2.75) is 19.5 Å². The van der Waals surface area contributed by atoms with Crippen LogP contribution in [0.1, 0.15) is 28.4 Å². The van der Waals surface area contributed by atoms with Gasteiger partial charge in [0.25, 0.3) is 5.91 Å². The van der Waals surface area contributed by atoms with Crippen LogP contribution in [0, 0.1) is 11.8 Å². The van der Waals surface area contributed by atoms with Crippen LogP contribution in [0.5, 0.6) is 0 Å². The van der Waals surface area contributed by atoms with Crippen LogP contribution in [0.3, 0.4) is 0 Å². The number of benzene rings is 3. The van der Waals surface area contributed by atoms with E-state index in [1.807, 2.05) is 90.8 Å². The zero-order valence-corrected chi connectivity index (χ0v) is 15.3. The van der Waals surface area contributed by atoms with Crippen LogP contribution in [0.15, 0.2) is 91.0 Å². The minimum atomic E-state index is -0.155. The summed E-state index contributed by atoms with van der Waals surface area (Å²) in [5.74, 6) is 6.28. The van der Waals surface area contributed by atoms with E-state index in [0.717, 1.165) is 11.1 Å². The number of carbonyl (C=O) groups excluding carboxylic acids is 1. The second-order valence-electron chi connectivity index (χ2n) is 6.23. The number of hydrogen-bond donors (Lipinski definition) is 1. The molecule has 0 heterocycles. The third kappa shape index (κ3) is 5.57. The Bertz CT molecular complexity index is 912. The Morgan fingerprint density at radius 1 is 0.889 bits per heavy atom. The van der Waals surface area contributed by atoms with Crippen molar-refractivity contribution in [2.24, 2.45) is 0 Å². The number of amides is 1. The molecule has 1 unspecified atom stereocenters. The Morgan fingerprint density at radius 2 is 1.44 bits per heavy atom. The predicted octanol–water partition coefficient (Wildman–Crippen LogP) is 4.27. The van der Waals surface area contributed by atoms with Crippen LogP contribution < -0.4 is 5.43 Å². The van der Waals surface area contributed by atoms with Gasteiger partial charge in [-0.25, -0.2) is 5.01 Å². The fourth-order valence-corrected chi connectivity index (χ4v) is 2.63. The Labute approximate surface area is 160 Å². The molecule has 0 bridgehead atoms. The fraction of sp³-hybridized carbons (Fsp3) is 0.125. The van der Waals surface area contributed by atoms with Gasteiger partial charge in [0.15, 0.2) is 0 Å². The maximum Gasteiger partial charge on any atom is 0.265 e. The summed E-state index contributed by atoms with van der Waals surface area (Å²) in [5, 5.41) is 1.88. The molecule has 0 saturated carbocycles. The smallest absolute Gasteiger partial charge is 0.265 e. The van der Waals surface area contributed by atoms with Gasteiger partial charge in [-0.15, -0.1) is 0 Å². The summed E-state index contributed by atoms with van der Waals surface area (Å²) in [5.41, 5.74) is 5.70. The molecule has 0 aliphatic rings. The average Bonchev–Trinajstić information content (AvgIpc) is 2.73. The molecule has 27 heavy (non-hydrogen) atoms. The zero-order valence-electron chi connectivity index (χ0n) is 15.3. The number of nitrogens with one attached hydrogen (secondary N) is 1. The molecule has 0 aliphatic carbocycles. The molecule has 1 amide bonds. The lowest BCUT2D eigenvalue weighted by molar-refractivity contribution is 0.0738. The Kier molecular flexibility index (Phi) is 6.40. The van der Waals surface area contributed by atoms with Crippen LogP contribution in [0.4, 0.5) is 0 Å². The SMILES string of the molecule is CC(C#Cc1ccccc1)N(Cc1ccccc1)NC(=O)c1ccccc1. The van der Waals surface area contributed by atoms with Crippen molar-refractivity contribution in [3.63, 3.8) is 0 Å². The lowest BCUT2D eigenvalue weighted by atomic mass is 10.2. The van der Waals surface area contributed by atoms with Gasteiger partial charge in [-0.3, -0.25) is 10.2 Å². The van der Waals surface area contributed by atoms with Crippen molar-refractivity contribution in [3.05, 3.63) is 108 Å². The maximum absolute atomic E-state index is 12.6. The Morgan fingerprint density at radius 3 is 2.07 bits per heavy atom. The van der Waals surface area contributed by atoms with Crippen LogP contribution in [0.25, 0.3) is 0 Å². The molecule has 0 aromatic heterocycles. The van der Waals surface area contributed by atoms with Crippen LogP contribution in [-0.2, 0) is 6.54 Å². The normalized spacial score (nSPS) is 11.3. The second kappa shape index (κ2) is 9.38. The second-order valence-corrected chi connectivity index (χ2v) is 6.23. The molecule has 134 valence electrons. The number of hydrazine groups is 1. The first kappa shape index (κ1) is 18.4. The van der Waals surface area contributed by atoms with Gasteiger partial charge in [0, 0.05) is 17.7 Å². The van der Waals surface area contributed by atoms with E-state index in [2.05, 4.69) is 17.3 Å². The number of carbonyl (C=O) groups is 1. The van der Waals surface area contributed by atoms with Gasteiger partial charge in [0.1, 0.15) is 0 Å². The van der Waals surface area contributed by atoms with Crippen LogP contribution in [0.2, 0.25) is 0 Å². The summed E-state index contributed by atoms with van der Waals surface area (Å²) in [6.45, 7) is 2.56. The summed E-state index contributed by atoms with van der Waals surface area (Å²) in [6.07, 6.45) is 0. The molecule has 3 nitrogen and oxygen atoms in total. The summed E-state index contributed by atoms with van der Waals surface area (Å²) >= 11 is 0. The van der Waals surface area contributed by atoms with Crippen LogP contribution >= 0.6 is 0 Å². The maximum atomic E-state index is 12.6. The monoisotopic (exact) mass is 354 g/mol. The van der Waals surface area contributed by atoms with Gasteiger partial charge in [-0.1, -0.05) is 78.6 Å². The molecule has 1 atom stereocenters. The van der Waals surface area contributed by atoms with E-state index in [-0.39, 0.29) is 11.9 Å². The number of nitrogens with zero attached hydrogens (tertiary/aromatic N) is 1. The highest BCUT2D eigenvalue weighted by molar-refractivity contribution is 5.93. The van der Waals surface area contributed by atoms with E-state index >= 15 is 0 Å². The minimum Gasteiger partial charge on any atom is -0.283 e. The van der Waals surface area contributed by atoms with Crippen molar-refractivity contribution >= 4 is 5.91 Å². The zero-order chi connectivity index (χ0) is 18.9. The van der Waals surface area contributed by atoms with Crippen molar-refractivity contribution in [3.8, 4) is 11.8 Å². The van der Waals surface area contributed by atoms with Crippen molar-refractivity contribution in [2.75, 3.05) is 0 Å². The van der Waals surface area contributed by atoms with E-state index in [1.54, 1.807) is 12.1 Å². The van der Waals surface area contributed by atoms with Crippen molar-refractivity contribution in [1.82, 2.24) is 10.4 Å². The summed E-state index contributed by atoms with van der Waals surface area (Å²) in [6, 6.07) is 29.0. The minimum absolute atomic E-state index is 0.139. The molecule has 0 spiro atoms. The fourth-order valence-electron chi connectivity index (χ4n) is 2.63. The van der Waals surface area contributed by atoms with Crippen LogP contribution in [-0.4, -0.2) is 17.0 Å². The third-order valence-corrected chi connectivity index (χ3v) is 4.14. The number of hydrogen-bond acceptors (Lipinski definition) is 2. The van der Waals surface area contributed by atoms with Gasteiger partial charge < -0.3 is 0 Å². The molecular formula is C24H22N2O. The van der Waals surface area contributed by atoms with E-state index in [0.29, 0.717) is 12.1 Å². The summed E-state index contributed by atoms with van der Waals surface area (Å²) < 4.78 is 0. The van der Waals surface area contributed by atoms with Gasteiger partial charge >= 0.3 is 0 Å².